The van der Waals surface area contributed by atoms with Gasteiger partial charge in [0.1, 0.15) is 23.8 Å². The first-order chi connectivity index (χ1) is 20.2. The first-order valence-corrected chi connectivity index (χ1v) is 15.0. The summed E-state index contributed by atoms with van der Waals surface area (Å²) >= 11 is 0. The maximum atomic E-state index is 14.8. The Bertz CT molecular complexity index is 1230. The lowest BCUT2D eigenvalue weighted by molar-refractivity contribution is -0.147. The minimum Gasteiger partial charge on any atom is -0.487 e. The number of hydrogen-bond acceptors (Lipinski definition) is 5. The third-order valence-corrected chi connectivity index (χ3v) is 7.27. The van der Waals surface area contributed by atoms with Crippen LogP contribution in [0, 0.1) is 0 Å². The van der Waals surface area contributed by atoms with Gasteiger partial charge >= 0.3 is 5.97 Å². The van der Waals surface area contributed by atoms with Gasteiger partial charge in [0.25, 0.3) is 0 Å². The highest BCUT2D eigenvalue weighted by atomic mass is 19.2. The van der Waals surface area contributed by atoms with Crippen LogP contribution in [0.25, 0.3) is 22.5 Å². The Balaban J connectivity index is 1.69. The van der Waals surface area contributed by atoms with Gasteiger partial charge in [-0.05, 0) is 69.4 Å². The molecule has 0 fully saturated rings. The normalized spacial score (nSPS) is 14.9. The molecule has 0 N–H and O–H groups in total. The van der Waals surface area contributed by atoms with Gasteiger partial charge in [0.15, 0.2) is 12.0 Å². The van der Waals surface area contributed by atoms with Crippen LogP contribution in [0.5, 0.6) is 11.5 Å². The van der Waals surface area contributed by atoms with E-state index < -0.39 is 30.1 Å². The monoisotopic (exact) mass is 584 g/mol. The minimum absolute atomic E-state index is 0.130. The van der Waals surface area contributed by atoms with Crippen molar-refractivity contribution in [1.29, 1.82) is 0 Å². The first kappa shape index (κ1) is 33.1. The molecule has 0 aliphatic carbocycles. The SMILES string of the molecule is CCCCCCC(C)(F)C(=O)Oc1ccc(-c2cnc(-c3ccccc3OC(CCCCC)C(F)C(C)F)nc2)cc1. The molecule has 2 aromatic carbocycles. The van der Waals surface area contributed by atoms with Gasteiger partial charge in [0.05, 0.1) is 5.56 Å². The topological polar surface area (TPSA) is 61.3 Å². The number of unbranched alkanes of at least 4 members (excludes halogenated alkanes) is 5. The number of para-hydroxylation sites is 1. The second-order valence-electron chi connectivity index (χ2n) is 11.0. The van der Waals surface area contributed by atoms with Crippen molar-refractivity contribution >= 4 is 5.97 Å². The van der Waals surface area contributed by atoms with E-state index in [0.717, 1.165) is 44.1 Å². The van der Waals surface area contributed by atoms with E-state index in [1.165, 1.54) is 13.8 Å². The molecule has 228 valence electrons. The summed E-state index contributed by atoms with van der Waals surface area (Å²) in [5.74, 6) is 0.142. The standard InChI is InChI=1S/C34H43F3N2O3/c1-5-7-9-13-21-34(4,37)33(40)41-27-19-17-25(18-20-27)26-22-38-32(39-23-26)28-14-11-12-15-29(28)42-30(16-10-8-6-2)31(36)24(3)35/h11-12,14-15,17-20,22-24,30-31H,5-10,13,16,21H2,1-4H3. The fourth-order valence-electron chi connectivity index (χ4n) is 4.62. The molecule has 0 saturated heterocycles. The van der Waals surface area contributed by atoms with Gasteiger partial charge in [-0.3, -0.25) is 0 Å². The molecule has 0 bridgehead atoms. The maximum absolute atomic E-state index is 14.8. The van der Waals surface area contributed by atoms with Crippen LogP contribution in [0.2, 0.25) is 0 Å². The number of benzene rings is 2. The molecule has 0 aliphatic heterocycles. The van der Waals surface area contributed by atoms with E-state index in [-0.39, 0.29) is 12.2 Å². The third kappa shape index (κ3) is 9.57. The zero-order chi connectivity index (χ0) is 30.5. The average molecular weight is 585 g/mol. The van der Waals surface area contributed by atoms with Crippen molar-refractivity contribution < 1.29 is 27.4 Å². The summed E-state index contributed by atoms with van der Waals surface area (Å²) in [4.78, 5) is 21.4. The summed E-state index contributed by atoms with van der Waals surface area (Å²) in [5.41, 5.74) is 0.0332. The number of carbonyl (C=O) groups is 1. The Hall–Kier alpha value is -3.42. The zero-order valence-electron chi connectivity index (χ0n) is 25.1. The summed E-state index contributed by atoms with van der Waals surface area (Å²) < 4.78 is 54.8. The number of hydrogen-bond donors (Lipinski definition) is 0. The molecule has 5 nitrogen and oxygen atoms in total. The Kier molecular flexibility index (Phi) is 12.8. The molecule has 3 rings (SSSR count). The third-order valence-electron chi connectivity index (χ3n) is 7.27. The van der Waals surface area contributed by atoms with E-state index in [9.17, 15) is 18.0 Å². The van der Waals surface area contributed by atoms with Gasteiger partial charge in [-0.2, -0.15) is 0 Å². The number of alkyl halides is 3. The van der Waals surface area contributed by atoms with Gasteiger partial charge in [-0.15, -0.1) is 0 Å². The van der Waals surface area contributed by atoms with E-state index in [0.29, 0.717) is 35.5 Å². The van der Waals surface area contributed by atoms with Crippen LogP contribution < -0.4 is 9.47 Å². The van der Waals surface area contributed by atoms with Crippen LogP contribution in [0.4, 0.5) is 13.2 Å². The molecule has 1 heterocycles. The van der Waals surface area contributed by atoms with E-state index in [1.54, 1.807) is 54.9 Å². The molecule has 3 aromatic rings. The molecular weight excluding hydrogens is 541 g/mol. The molecule has 0 amide bonds. The second-order valence-corrected chi connectivity index (χ2v) is 11.0. The summed E-state index contributed by atoms with van der Waals surface area (Å²) in [6.07, 6.45) is 5.71. The molecule has 0 aliphatic rings. The van der Waals surface area contributed by atoms with Crippen molar-refractivity contribution in [2.24, 2.45) is 0 Å². The number of rotatable bonds is 17. The number of halogens is 3. The fraction of sp³-hybridized carbons (Fsp3) is 0.500. The molecule has 0 spiro atoms. The molecule has 4 atom stereocenters. The molecular formula is C34H43F3N2O3. The minimum atomic E-state index is -2.04. The number of esters is 1. The number of carbonyl (C=O) groups excluding carboxylic acids is 1. The zero-order valence-corrected chi connectivity index (χ0v) is 25.1. The van der Waals surface area contributed by atoms with Gasteiger partial charge in [-0.25, -0.2) is 27.9 Å². The van der Waals surface area contributed by atoms with E-state index >= 15 is 0 Å². The number of nitrogens with zero attached hydrogens (tertiary/aromatic N) is 2. The number of ether oxygens (including phenoxy) is 2. The lowest BCUT2D eigenvalue weighted by Gasteiger charge is -2.24. The van der Waals surface area contributed by atoms with Crippen molar-refractivity contribution in [3.8, 4) is 34.0 Å². The van der Waals surface area contributed by atoms with Crippen molar-refractivity contribution in [3.05, 3.63) is 60.9 Å². The Morgan fingerprint density at radius 2 is 1.52 bits per heavy atom. The van der Waals surface area contributed by atoms with Crippen LogP contribution in [0.3, 0.4) is 0 Å². The van der Waals surface area contributed by atoms with Crippen LogP contribution >= 0.6 is 0 Å². The van der Waals surface area contributed by atoms with Gasteiger partial charge in [-0.1, -0.05) is 70.2 Å². The highest BCUT2D eigenvalue weighted by molar-refractivity contribution is 5.81. The van der Waals surface area contributed by atoms with Gasteiger partial charge in [0.2, 0.25) is 5.67 Å². The highest BCUT2D eigenvalue weighted by Gasteiger charge is 2.34. The van der Waals surface area contributed by atoms with Crippen molar-refractivity contribution in [2.75, 3.05) is 0 Å². The summed E-state index contributed by atoms with van der Waals surface area (Å²) in [7, 11) is 0. The summed E-state index contributed by atoms with van der Waals surface area (Å²) in [6.45, 7) is 6.60. The van der Waals surface area contributed by atoms with E-state index in [1.807, 2.05) is 6.07 Å². The lowest BCUT2D eigenvalue weighted by Crippen LogP contribution is -2.34. The molecule has 8 heteroatoms. The molecule has 0 saturated carbocycles. The maximum Gasteiger partial charge on any atom is 0.348 e. The smallest absolute Gasteiger partial charge is 0.348 e. The van der Waals surface area contributed by atoms with Crippen LogP contribution in [-0.2, 0) is 4.79 Å². The van der Waals surface area contributed by atoms with E-state index in [4.69, 9.17) is 9.47 Å². The Labute approximate surface area is 247 Å². The Morgan fingerprint density at radius 1 is 0.881 bits per heavy atom. The van der Waals surface area contributed by atoms with Crippen molar-refractivity contribution in [2.45, 2.75) is 110 Å². The van der Waals surface area contributed by atoms with Crippen molar-refractivity contribution in [3.63, 3.8) is 0 Å². The molecule has 0 radical (unpaired) electrons. The van der Waals surface area contributed by atoms with E-state index in [2.05, 4.69) is 23.8 Å². The lowest BCUT2D eigenvalue weighted by atomic mass is 10.00. The summed E-state index contributed by atoms with van der Waals surface area (Å²) in [6, 6.07) is 13.8. The highest BCUT2D eigenvalue weighted by Crippen LogP contribution is 2.32. The van der Waals surface area contributed by atoms with Crippen LogP contribution in [0.1, 0.15) is 85.5 Å². The van der Waals surface area contributed by atoms with Gasteiger partial charge < -0.3 is 9.47 Å². The summed E-state index contributed by atoms with van der Waals surface area (Å²) in [5, 5.41) is 0. The molecule has 1 aromatic heterocycles. The van der Waals surface area contributed by atoms with Crippen molar-refractivity contribution in [1.82, 2.24) is 9.97 Å². The number of aromatic nitrogens is 2. The Morgan fingerprint density at radius 3 is 2.17 bits per heavy atom. The largest absolute Gasteiger partial charge is 0.487 e. The van der Waals surface area contributed by atoms with Crippen LogP contribution in [-0.4, -0.2) is 40.1 Å². The molecule has 42 heavy (non-hydrogen) atoms. The van der Waals surface area contributed by atoms with Gasteiger partial charge in [0, 0.05) is 18.0 Å². The predicted molar refractivity (Wildman–Crippen MR) is 161 cm³/mol. The van der Waals surface area contributed by atoms with Crippen LogP contribution in [0.15, 0.2) is 60.9 Å². The average Bonchev–Trinajstić information content (AvgIpc) is 2.99. The fourth-order valence-corrected chi connectivity index (χ4v) is 4.62. The predicted octanol–water partition coefficient (Wildman–Crippen LogP) is 9.44. The molecule has 4 unspecified atom stereocenters. The quantitative estimate of drug-likeness (QED) is 0.0898. The second kappa shape index (κ2) is 16.3. The first-order valence-electron chi connectivity index (χ1n) is 15.0.